The Labute approximate surface area is 135 Å². The Morgan fingerprint density at radius 1 is 1.30 bits per heavy atom. The van der Waals surface area contributed by atoms with Gasteiger partial charge in [-0.3, -0.25) is 9.59 Å². The van der Waals surface area contributed by atoms with Gasteiger partial charge in [0.05, 0.1) is 5.69 Å². The van der Waals surface area contributed by atoms with Gasteiger partial charge in [-0.25, -0.2) is 4.98 Å². The molecule has 0 unspecified atom stereocenters. The number of nitrogens with zero attached hydrogens (tertiary/aromatic N) is 1. The number of rotatable bonds is 2. The number of carbonyl (C=O) groups is 2. The van der Waals surface area contributed by atoms with E-state index in [4.69, 9.17) is 4.74 Å². The maximum absolute atomic E-state index is 12.4. The van der Waals surface area contributed by atoms with Crippen LogP contribution in [-0.2, 0) is 4.79 Å². The Kier molecular flexibility index (Phi) is 3.20. The van der Waals surface area contributed by atoms with Gasteiger partial charge in [-0.05, 0) is 35.7 Å². The lowest BCUT2D eigenvalue weighted by Crippen LogP contribution is -2.25. The average molecular weight is 325 g/mol. The van der Waals surface area contributed by atoms with Crippen LogP contribution in [0.25, 0.3) is 10.1 Å². The number of amides is 2. The maximum Gasteiger partial charge on any atom is 0.262 e. The van der Waals surface area contributed by atoms with Gasteiger partial charge in [0.1, 0.15) is 11.6 Å². The number of hydrogen-bond acceptors (Lipinski definition) is 5. The van der Waals surface area contributed by atoms with Crippen LogP contribution in [0.3, 0.4) is 0 Å². The van der Waals surface area contributed by atoms with Crippen molar-refractivity contribution in [3.63, 3.8) is 0 Å². The van der Waals surface area contributed by atoms with Gasteiger partial charge in [0.15, 0.2) is 6.61 Å². The quantitative estimate of drug-likeness (QED) is 0.759. The number of carbonyl (C=O) groups excluding carboxylic acids is 2. The fraction of sp³-hybridized carbons (Fsp3) is 0.0625. The van der Waals surface area contributed by atoms with Crippen molar-refractivity contribution in [3.8, 4) is 5.75 Å². The first kappa shape index (κ1) is 13.7. The minimum atomic E-state index is -0.293. The number of hydrogen-bond donors (Lipinski definition) is 2. The first-order valence-corrected chi connectivity index (χ1v) is 7.79. The fourth-order valence-corrected chi connectivity index (χ4v) is 3.18. The van der Waals surface area contributed by atoms with Crippen molar-refractivity contribution < 1.29 is 14.3 Å². The summed E-state index contributed by atoms with van der Waals surface area (Å²) in [6.07, 6.45) is 1.66. The molecule has 1 aromatic carbocycles. The van der Waals surface area contributed by atoms with Crippen molar-refractivity contribution in [2.45, 2.75) is 0 Å². The summed E-state index contributed by atoms with van der Waals surface area (Å²) >= 11 is 1.59. The molecule has 114 valence electrons. The van der Waals surface area contributed by atoms with Gasteiger partial charge in [0, 0.05) is 21.8 Å². The van der Waals surface area contributed by atoms with Crippen molar-refractivity contribution in [3.05, 3.63) is 47.5 Å². The summed E-state index contributed by atoms with van der Waals surface area (Å²) in [7, 11) is 0. The lowest BCUT2D eigenvalue weighted by atomic mass is 10.1. The van der Waals surface area contributed by atoms with Crippen LogP contribution in [0.4, 0.5) is 11.5 Å². The zero-order chi connectivity index (χ0) is 15.8. The van der Waals surface area contributed by atoms with E-state index < -0.39 is 0 Å². The zero-order valence-corrected chi connectivity index (χ0v) is 12.6. The van der Waals surface area contributed by atoms with Gasteiger partial charge < -0.3 is 15.4 Å². The monoisotopic (exact) mass is 325 g/mol. The van der Waals surface area contributed by atoms with E-state index in [1.54, 1.807) is 35.7 Å². The smallest absolute Gasteiger partial charge is 0.262 e. The summed E-state index contributed by atoms with van der Waals surface area (Å²) in [6, 6.07) is 8.74. The second-order valence-corrected chi connectivity index (χ2v) is 5.94. The van der Waals surface area contributed by atoms with Gasteiger partial charge in [-0.2, -0.15) is 0 Å². The second-order valence-electron chi connectivity index (χ2n) is 4.99. The third-order valence-electron chi connectivity index (χ3n) is 3.49. The molecule has 0 saturated carbocycles. The summed E-state index contributed by atoms with van der Waals surface area (Å²) in [5, 5.41) is 8.35. The number of thiophene rings is 1. The minimum Gasteiger partial charge on any atom is -0.482 e. The summed E-state index contributed by atoms with van der Waals surface area (Å²) in [4.78, 5) is 28.0. The molecule has 2 amide bonds. The molecule has 0 aliphatic carbocycles. The van der Waals surface area contributed by atoms with E-state index in [-0.39, 0.29) is 18.4 Å². The van der Waals surface area contributed by atoms with E-state index in [0.29, 0.717) is 22.8 Å². The van der Waals surface area contributed by atoms with Crippen LogP contribution in [0.5, 0.6) is 5.75 Å². The molecule has 23 heavy (non-hydrogen) atoms. The molecule has 0 atom stereocenters. The van der Waals surface area contributed by atoms with Gasteiger partial charge in [-0.1, -0.05) is 0 Å². The number of fused-ring (bicyclic) bond motifs is 2. The number of pyridine rings is 1. The van der Waals surface area contributed by atoms with Crippen molar-refractivity contribution >= 4 is 44.7 Å². The first-order valence-electron chi connectivity index (χ1n) is 6.91. The fourth-order valence-electron chi connectivity index (χ4n) is 2.40. The predicted molar refractivity (Wildman–Crippen MR) is 88.1 cm³/mol. The van der Waals surface area contributed by atoms with Crippen molar-refractivity contribution in [2.24, 2.45) is 0 Å². The highest BCUT2D eigenvalue weighted by molar-refractivity contribution is 7.17. The van der Waals surface area contributed by atoms with Crippen LogP contribution in [0.15, 0.2) is 41.9 Å². The van der Waals surface area contributed by atoms with E-state index in [1.807, 2.05) is 17.5 Å². The van der Waals surface area contributed by atoms with Crippen LogP contribution >= 0.6 is 11.3 Å². The van der Waals surface area contributed by atoms with E-state index in [1.165, 1.54) is 0 Å². The van der Waals surface area contributed by atoms with Crippen LogP contribution in [-0.4, -0.2) is 23.4 Å². The molecule has 0 fully saturated rings. The Hall–Kier alpha value is -2.93. The lowest BCUT2D eigenvalue weighted by molar-refractivity contribution is -0.118. The summed E-state index contributed by atoms with van der Waals surface area (Å²) in [5.41, 5.74) is 0.916. The number of nitrogens with one attached hydrogen (secondary N) is 2. The third-order valence-corrected chi connectivity index (χ3v) is 4.37. The molecule has 6 nitrogen and oxygen atoms in total. The van der Waals surface area contributed by atoms with E-state index in [0.717, 1.165) is 10.1 Å². The molecular formula is C16H11N3O3S. The molecule has 3 aromatic rings. The average Bonchev–Trinajstić information content (AvgIpc) is 3.03. The standard InChI is InChI=1S/C16H11N3O3S/c20-14-8-22-12-2-1-9(7-11(12)18-14)16(21)19-15-10-4-6-23-13(10)3-5-17-15/h1-7H,8H2,(H,18,20)(H,17,19,21). The van der Waals surface area contributed by atoms with Crippen molar-refractivity contribution in [1.29, 1.82) is 0 Å². The largest absolute Gasteiger partial charge is 0.482 e. The Bertz CT molecular complexity index is 935. The third kappa shape index (κ3) is 2.51. The summed E-state index contributed by atoms with van der Waals surface area (Å²) in [5.74, 6) is 0.546. The second kappa shape index (κ2) is 5.36. The van der Waals surface area contributed by atoms with Crippen LogP contribution in [0.2, 0.25) is 0 Å². The molecule has 2 N–H and O–H groups in total. The van der Waals surface area contributed by atoms with Gasteiger partial charge >= 0.3 is 0 Å². The van der Waals surface area contributed by atoms with Gasteiger partial charge in [0.2, 0.25) is 0 Å². The molecule has 7 heteroatoms. The molecule has 3 heterocycles. The van der Waals surface area contributed by atoms with E-state index >= 15 is 0 Å². The summed E-state index contributed by atoms with van der Waals surface area (Å²) in [6.45, 7) is -0.0113. The van der Waals surface area contributed by atoms with Crippen LogP contribution in [0.1, 0.15) is 10.4 Å². The topological polar surface area (TPSA) is 80.3 Å². The SMILES string of the molecule is O=C1COc2ccc(C(=O)Nc3nccc4sccc34)cc2N1. The molecule has 2 aromatic heterocycles. The normalized spacial score (nSPS) is 13.1. The van der Waals surface area contributed by atoms with Crippen molar-refractivity contribution in [2.75, 3.05) is 17.2 Å². The molecule has 4 rings (SSSR count). The minimum absolute atomic E-state index is 0.0113. The summed E-state index contributed by atoms with van der Waals surface area (Å²) < 4.78 is 6.34. The Morgan fingerprint density at radius 2 is 2.22 bits per heavy atom. The maximum atomic E-state index is 12.4. The van der Waals surface area contributed by atoms with Crippen LogP contribution < -0.4 is 15.4 Å². The predicted octanol–water partition coefficient (Wildman–Crippen LogP) is 2.88. The molecule has 0 spiro atoms. The van der Waals surface area contributed by atoms with E-state index in [9.17, 15) is 9.59 Å². The van der Waals surface area contributed by atoms with E-state index in [2.05, 4.69) is 15.6 Å². The number of benzene rings is 1. The Morgan fingerprint density at radius 3 is 3.13 bits per heavy atom. The highest BCUT2D eigenvalue weighted by Gasteiger charge is 2.18. The molecular weight excluding hydrogens is 314 g/mol. The highest BCUT2D eigenvalue weighted by Crippen LogP contribution is 2.29. The number of ether oxygens (including phenoxy) is 1. The molecule has 0 saturated heterocycles. The number of anilines is 2. The van der Waals surface area contributed by atoms with Gasteiger partial charge in [0.25, 0.3) is 11.8 Å². The molecule has 0 bridgehead atoms. The van der Waals surface area contributed by atoms with Gasteiger partial charge in [-0.15, -0.1) is 11.3 Å². The lowest BCUT2D eigenvalue weighted by Gasteiger charge is -2.18. The zero-order valence-electron chi connectivity index (χ0n) is 11.8. The molecule has 0 radical (unpaired) electrons. The molecule has 1 aliphatic rings. The van der Waals surface area contributed by atoms with Crippen molar-refractivity contribution in [1.82, 2.24) is 4.98 Å². The first-order chi connectivity index (χ1) is 11.2. The molecule has 1 aliphatic heterocycles. The number of aromatic nitrogens is 1. The Balaban J connectivity index is 1.63. The van der Waals surface area contributed by atoms with Crippen LogP contribution in [0, 0.1) is 0 Å². The highest BCUT2D eigenvalue weighted by atomic mass is 32.1.